The molecule has 6 N–H and O–H groups in total. The van der Waals surface area contributed by atoms with Gasteiger partial charge in [-0.3, -0.25) is 4.79 Å². The molecular weight excluding hydrogens is 280 g/mol. The van der Waals surface area contributed by atoms with Crippen molar-refractivity contribution in [3.8, 4) is 0 Å². The summed E-state index contributed by atoms with van der Waals surface area (Å²) < 4.78 is 22.9. The Kier molecular flexibility index (Phi) is 3.87. The van der Waals surface area contributed by atoms with Crippen molar-refractivity contribution in [1.29, 1.82) is 0 Å². The van der Waals surface area contributed by atoms with Gasteiger partial charge in [0, 0.05) is 19.0 Å². The van der Waals surface area contributed by atoms with Crippen LogP contribution in [0.25, 0.3) is 0 Å². The number of nitrogens with zero attached hydrogens (tertiary/aromatic N) is 1. The van der Waals surface area contributed by atoms with E-state index in [-0.39, 0.29) is 22.4 Å². The summed E-state index contributed by atoms with van der Waals surface area (Å²) in [4.78, 5) is 13.0. The van der Waals surface area contributed by atoms with Crippen LogP contribution < -0.4 is 21.5 Å². The lowest BCUT2D eigenvalue weighted by atomic mass is 9.96. The fourth-order valence-electron chi connectivity index (χ4n) is 2.46. The van der Waals surface area contributed by atoms with Crippen molar-refractivity contribution < 1.29 is 13.2 Å². The molecule has 0 radical (unpaired) electrons. The first-order valence-corrected chi connectivity index (χ1v) is 7.81. The largest absolute Gasteiger partial charge is 0.396 e. The van der Waals surface area contributed by atoms with Gasteiger partial charge in [0.15, 0.2) is 0 Å². The molecule has 0 aliphatic carbocycles. The van der Waals surface area contributed by atoms with Crippen LogP contribution in [-0.2, 0) is 14.8 Å². The molecule has 1 heterocycles. The number of sulfonamides is 1. The van der Waals surface area contributed by atoms with E-state index in [0.29, 0.717) is 31.6 Å². The first-order valence-electron chi connectivity index (χ1n) is 6.26. The Labute approximate surface area is 117 Å². The van der Waals surface area contributed by atoms with Gasteiger partial charge in [0.1, 0.15) is 4.90 Å². The number of primary sulfonamides is 1. The third-order valence-electron chi connectivity index (χ3n) is 3.59. The number of piperidine rings is 1. The van der Waals surface area contributed by atoms with E-state index in [4.69, 9.17) is 16.6 Å². The first kappa shape index (κ1) is 14.6. The summed E-state index contributed by atoms with van der Waals surface area (Å²) in [5.74, 6) is -0.426. The van der Waals surface area contributed by atoms with Crippen LogP contribution in [0.15, 0.2) is 23.1 Å². The summed E-state index contributed by atoms with van der Waals surface area (Å²) in [5.41, 5.74) is 12.0. The van der Waals surface area contributed by atoms with Crippen molar-refractivity contribution in [3.63, 3.8) is 0 Å². The van der Waals surface area contributed by atoms with Crippen LogP contribution in [0.4, 0.5) is 11.4 Å². The van der Waals surface area contributed by atoms with Crippen LogP contribution in [0.2, 0.25) is 0 Å². The van der Waals surface area contributed by atoms with Gasteiger partial charge in [-0.2, -0.15) is 0 Å². The van der Waals surface area contributed by atoms with E-state index < -0.39 is 10.0 Å². The van der Waals surface area contributed by atoms with Gasteiger partial charge < -0.3 is 16.4 Å². The Morgan fingerprint density at radius 3 is 2.35 bits per heavy atom. The predicted octanol–water partition coefficient (Wildman–Crippen LogP) is -0.382. The minimum absolute atomic E-state index is 0.0768. The first-order chi connectivity index (χ1) is 9.30. The van der Waals surface area contributed by atoms with Crippen LogP contribution in [0.1, 0.15) is 12.8 Å². The van der Waals surface area contributed by atoms with Crippen molar-refractivity contribution in [2.45, 2.75) is 17.7 Å². The summed E-state index contributed by atoms with van der Waals surface area (Å²) in [6, 6.07) is 4.73. The van der Waals surface area contributed by atoms with E-state index in [0.717, 1.165) is 0 Å². The Balaban J connectivity index is 2.25. The highest BCUT2D eigenvalue weighted by molar-refractivity contribution is 7.89. The van der Waals surface area contributed by atoms with Crippen molar-refractivity contribution in [2.75, 3.05) is 23.7 Å². The van der Waals surface area contributed by atoms with Crippen molar-refractivity contribution in [1.82, 2.24) is 0 Å². The number of primary amides is 1. The van der Waals surface area contributed by atoms with E-state index in [9.17, 15) is 13.2 Å². The number of benzene rings is 1. The molecular formula is C12H18N4O3S. The molecule has 1 aromatic carbocycles. The van der Waals surface area contributed by atoms with Crippen LogP contribution in [0.3, 0.4) is 0 Å². The number of anilines is 2. The molecule has 1 aliphatic rings. The minimum Gasteiger partial charge on any atom is -0.396 e. The Hall–Kier alpha value is -1.80. The Morgan fingerprint density at radius 2 is 1.85 bits per heavy atom. The van der Waals surface area contributed by atoms with E-state index in [1.165, 1.54) is 6.07 Å². The quantitative estimate of drug-likeness (QED) is 0.654. The molecule has 0 saturated carbocycles. The molecule has 1 aromatic rings. The van der Waals surface area contributed by atoms with Gasteiger partial charge in [0.2, 0.25) is 15.9 Å². The maximum Gasteiger partial charge on any atom is 0.240 e. The van der Waals surface area contributed by atoms with Gasteiger partial charge in [0.25, 0.3) is 0 Å². The van der Waals surface area contributed by atoms with E-state index in [1.54, 1.807) is 12.1 Å². The second-order valence-electron chi connectivity index (χ2n) is 4.90. The summed E-state index contributed by atoms with van der Waals surface area (Å²) >= 11 is 0. The number of carbonyl (C=O) groups excluding carboxylic acids is 1. The van der Waals surface area contributed by atoms with Gasteiger partial charge in [-0.05, 0) is 25.0 Å². The van der Waals surface area contributed by atoms with Crippen LogP contribution in [0.5, 0.6) is 0 Å². The van der Waals surface area contributed by atoms with Gasteiger partial charge in [-0.15, -0.1) is 0 Å². The Bertz CT molecular complexity index is 622. The zero-order valence-corrected chi connectivity index (χ0v) is 11.8. The average Bonchev–Trinajstić information content (AvgIpc) is 2.37. The van der Waals surface area contributed by atoms with Crippen molar-refractivity contribution >= 4 is 27.3 Å². The lowest BCUT2D eigenvalue weighted by molar-refractivity contribution is -0.122. The standard InChI is InChI=1S/C12H18N4O3S/c13-11-9(2-1-3-10(11)20(15,18)19)16-6-4-8(5-7-16)12(14)17/h1-3,8H,4-7,13H2,(H2,14,17)(H2,15,18,19). The number of rotatable bonds is 3. The molecule has 20 heavy (non-hydrogen) atoms. The summed E-state index contributed by atoms with van der Waals surface area (Å²) in [5, 5.41) is 5.13. The van der Waals surface area contributed by atoms with Crippen molar-refractivity contribution in [2.24, 2.45) is 16.8 Å². The lowest BCUT2D eigenvalue weighted by Gasteiger charge is -2.33. The lowest BCUT2D eigenvalue weighted by Crippen LogP contribution is -2.39. The van der Waals surface area contributed by atoms with Gasteiger partial charge in [-0.25, -0.2) is 13.6 Å². The number of nitrogens with two attached hydrogens (primary N) is 3. The Morgan fingerprint density at radius 1 is 1.25 bits per heavy atom. The number of para-hydroxylation sites is 1. The fraction of sp³-hybridized carbons (Fsp3) is 0.417. The van der Waals surface area contributed by atoms with Crippen LogP contribution >= 0.6 is 0 Å². The second-order valence-corrected chi connectivity index (χ2v) is 6.43. The molecule has 0 bridgehead atoms. The number of amides is 1. The molecule has 0 atom stereocenters. The molecule has 1 amide bonds. The molecule has 0 spiro atoms. The zero-order chi connectivity index (χ0) is 14.9. The third kappa shape index (κ3) is 2.86. The molecule has 2 rings (SSSR count). The number of carbonyl (C=O) groups is 1. The molecule has 0 unspecified atom stereocenters. The van der Waals surface area contributed by atoms with E-state index in [2.05, 4.69) is 0 Å². The summed E-state index contributed by atoms with van der Waals surface area (Å²) in [7, 11) is -3.84. The second kappa shape index (κ2) is 5.29. The maximum atomic E-state index is 11.4. The molecule has 1 aliphatic heterocycles. The normalized spacial score (nSPS) is 17.1. The molecule has 1 fully saturated rings. The summed E-state index contributed by atoms with van der Waals surface area (Å²) in [6.45, 7) is 1.21. The number of nitrogen functional groups attached to an aromatic ring is 1. The topological polar surface area (TPSA) is 133 Å². The van der Waals surface area contributed by atoms with Gasteiger partial charge in [-0.1, -0.05) is 6.07 Å². The smallest absolute Gasteiger partial charge is 0.240 e. The molecule has 7 nitrogen and oxygen atoms in total. The predicted molar refractivity (Wildman–Crippen MR) is 76.4 cm³/mol. The van der Waals surface area contributed by atoms with E-state index in [1.807, 2.05) is 4.90 Å². The SMILES string of the molecule is NC(=O)C1CCN(c2cccc(S(N)(=O)=O)c2N)CC1. The van der Waals surface area contributed by atoms with E-state index >= 15 is 0 Å². The maximum absolute atomic E-state index is 11.4. The van der Waals surface area contributed by atoms with Crippen molar-refractivity contribution in [3.05, 3.63) is 18.2 Å². The fourth-order valence-corrected chi connectivity index (χ4v) is 3.14. The van der Waals surface area contributed by atoms with Crippen LogP contribution in [-0.4, -0.2) is 27.4 Å². The van der Waals surface area contributed by atoms with Crippen LogP contribution in [0, 0.1) is 5.92 Å². The highest BCUT2D eigenvalue weighted by Gasteiger charge is 2.25. The highest BCUT2D eigenvalue weighted by atomic mass is 32.2. The molecule has 0 aromatic heterocycles. The minimum atomic E-state index is -3.84. The zero-order valence-electron chi connectivity index (χ0n) is 11.0. The average molecular weight is 298 g/mol. The highest BCUT2D eigenvalue weighted by Crippen LogP contribution is 2.31. The molecule has 8 heteroatoms. The number of hydrogen-bond donors (Lipinski definition) is 3. The third-order valence-corrected chi connectivity index (χ3v) is 4.56. The monoisotopic (exact) mass is 298 g/mol. The van der Waals surface area contributed by atoms with Gasteiger partial charge in [0.05, 0.1) is 11.4 Å². The number of hydrogen-bond acceptors (Lipinski definition) is 5. The van der Waals surface area contributed by atoms with Gasteiger partial charge >= 0.3 is 0 Å². The molecule has 1 saturated heterocycles. The molecule has 110 valence electrons. The summed E-state index contributed by atoms with van der Waals surface area (Å²) in [6.07, 6.45) is 1.27.